The van der Waals surface area contributed by atoms with Crippen molar-refractivity contribution < 1.29 is 4.74 Å². The maximum atomic E-state index is 5.95. The van der Waals surface area contributed by atoms with Crippen molar-refractivity contribution in [1.29, 1.82) is 0 Å². The number of hydrogen-bond acceptors (Lipinski definition) is 4. The fraction of sp³-hybridized carbons (Fsp3) is 0.214. The lowest BCUT2D eigenvalue weighted by Crippen LogP contribution is -2.19. The Morgan fingerprint density at radius 2 is 2.33 bits per heavy atom. The van der Waals surface area contributed by atoms with Gasteiger partial charge >= 0.3 is 0 Å². The minimum atomic E-state index is 0.0285. The molecule has 0 bridgehead atoms. The van der Waals surface area contributed by atoms with Crippen molar-refractivity contribution in [2.24, 2.45) is 5.73 Å². The van der Waals surface area contributed by atoms with Gasteiger partial charge in [0.1, 0.15) is 5.75 Å². The number of nitrogens with two attached hydrogens (primary N) is 1. The summed E-state index contributed by atoms with van der Waals surface area (Å²) in [4.78, 5) is 5.43. The molecule has 0 amide bonds. The molecule has 2 heterocycles. The number of benzene rings is 1. The van der Waals surface area contributed by atoms with Gasteiger partial charge in [-0.1, -0.05) is 11.6 Å². The van der Waals surface area contributed by atoms with E-state index in [0.717, 1.165) is 15.1 Å². The fourth-order valence-electron chi connectivity index (χ4n) is 2.05. The Labute approximate surface area is 139 Å². The highest BCUT2D eigenvalue weighted by atomic mass is 79.9. The van der Waals surface area contributed by atoms with Gasteiger partial charge in [-0.3, -0.25) is 4.40 Å². The van der Waals surface area contributed by atoms with Gasteiger partial charge in [-0.15, -0.1) is 11.3 Å². The molecule has 3 rings (SSSR count). The molecule has 7 heteroatoms. The van der Waals surface area contributed by atoms with E-state index < -0.39 is 0 Å². The van der Waals surface area contributed by atoms with E-state index >= 15 is 0 Å². The summed E-state index contributed by atoms with van der Waals surface area (Å²) in [6.45, 7) is 1.97. The van der Waals surface area contributed by atoms with Gasteiger partial charge in [0.15, 0.2) is 4.96 Å². The normalized spacial score (nSPS) is 12.8. The summed E-state index contributed by atoms with van der Waals surface area (Å²) in [6.07, 6.45) is 2.67. The Morgan fingerprint density at radius 3 is 3.05 bits per heavy atom. The van der Waals surface area contributed by atoms with Crippen LogP contribution >= 0.6 is 38.9 Å². The van der Waals surface area contributed by atoms with Crippen LogP contribution in [0.2, 0.25) is 5.02 Å². The van der Waals surface area contributed by atoms with Crippen LogP contribution in [0.4, 0.5) is 0 Å². The number of nitrogens with zero attached hydrogens (tertiary/aromatic N) is 2. The van der Waals surface area contributed by atoms with Gasteiger partial charge in [-0.05, 0) is 41.1 Å². The summed E-state index contributed by atoms with van der Waals surface area (Å²) < 4.78 is 8.76. The molecule has 2 N–H and O–H groups in total. The van der Waals surface area contributed by atoms with Crippen LogP contribution < -0.4 is 10.5 Å². The number of halogens is 2. The van der Waals surface area contributed by atoms with Crippen molar-refractivity contribution in [2.45, 2.75) is 19.4 Å². The number of thiazole rings is 1. The van der Waals surface area contributed by atoms with Crippen molar-refractivity contribution in [3.8, 4) is 11.6 Å². The zero-order valence-corrected chi connectivity index (χ0v) is 14.4. The smallest absolute Gasteiger partial charge is 0.242 e. The Morgan fingerprint density at radius 1 is 1.52 bits per heavy atom. The van der Waals surface area contributed by atoms with E-state index in [2.05, 4.69) is 20.9 Å². The molecule has 1 unspecified atom stereocenters. The molecule has 1 atom stereocenters. The van der Waals surface area contributed by atoms with Gasteiger partial charge < -0.3 is 10.5 Å². The maximum absolute atomic E-state index is 5.95. The van der Waals surface area contributed by atoms with Gasteiger partial charge in [-0.2, -0.15) is 4.98 Å². The third-order valence-electron chi connectivity index (χ3n) is 2.94. The van der Waals surface area contributed by atoms with Crippen molar-refractivity contribution in [3.05, 3.63) is 45.0 Å². The second kappa shape index (κ2) is 5.96. The van der Waals surface area contributed by atoms with Crippen LogP contribution in [0.25, 0.3) is 4.96 Å². The van der Waals surface area contributed by atoms with Crippen LogP contribution in [0, 0.1) is 0 Å². The Bertz CT molecular complexity index is 784. The van der Waals surface area contributed by atoms with E-state index in [1.165, 1.54) is 0 Å². The van der Waals surface area contributed by atoms with Crippen LogP contribution in [0.1, 0.15) is 12.6 Å². The summed E-state index contributed by atoms with van der Waals surface area (Å²) in [5.74, 6) is 1.26. The molecule has 1 aromatic carbocycles. The number of ether oxygens (including phenoxy) is 1. The summed E-state index contributed by atoms with van der Waals surface area (Å²) in [6, 6.07) is 5.42. The lowest BCUT2D eigenvalue weighted by Gasteiger charge is -2.09. The minimum Gasteiger partial charge on any atom is -0.436 e. The van der Waals surface area contributed by atoms with Crippen LogP contribution in [-0.2, 0) is 6.42 Å². The van der Waals surface area contributed by atoms with Crippen LogP contribution in [0.5, 0.6) is 11.6 Å². The van der Waals surface area contributed by atoms with Crippen LogP contribution in [0.3, 0.4) is 0 Å². The lowest BCUT2D eigenvalue weighted by molar-refractivity contribution is 0.454. The fourth-order valence-corrected chi connectivity index (χ4v) is 3.54. The molecule has 110 valence electrons. The molecule has 0 fully saturated rings. The Balaban J connectivity index is 2.01. The zero-order valence-electron chi connectivity index (χ0n) is 11.2. The molecule has 0 spiro atoms. The molecule has 3 aromatic rings. The highest BCUT2D eigenvalue weighted by Crippen LogP contribution is 2.34. The monoisotopic (exact) mass is 385 g/mol. The summed E-state index contributed by atoms with van der Waals surface area (Å²) in [5.41, 5.74) is 6.91. The highest BCUT2D eigenvalue weighted by Gasteiger charge is 2.17. The second-order valence-electron chi connectivity index (χ2n) is 4.78. The molecule has 0 saturated carbocycles. The van der Waals surface area contributed by atoms with Gasteiger partial charge in [-0.25, -0.2) is 0 Å². The average Bonchev–Trinajstić information content (AvgIpc) is 2.96. The van der Waals surface area contributed by atoms with Crippen LogP contribution in [0.15, 0.2) is 34.2 Å². The first kappa shape index (κ1) is 14.8. The predicted octanol–water partition coefficient (Wildman–Crippen LogP) is 4.49. The highest BCUT2D eigenvalue weighted by molar-refractivity contribution is 9.10. The van der Waals surface area contributed by atoms with E-state index in [-0.39, 0.29) is 6.04 Å². The number of hydrogen-bond donors (Lipinski definition) is 1. The van der Waals surface area contributed by atoms with E-state index in [1.807, 2.05) is 29.0 Å². The van der Waals surface area contributed by atoms with Gasteiger partial charge in [0.2, 0.25) is 5.88 Å². The number of aromatic nitrogens is 2. The third kappa shape index (κ3) is 3.08. The van der Waals surface area contributed by atoms with Crippen molar-refractivity contribution in [3.63, 3.8) is 0 Å². The quantitative estimate of drug-likeness (QED) is 0.718. The molecule has 2 aromatic heterocycles. The third-order valence-corrected chi connectivity index (χ3v) is 4.55. The molecule has 4 nitrogen and oxygen atoms in total. The predicted molar refractivity (Wildman–Crippen MR) is 89.6 cm³/mol. The Kier molecular flexibility index (Phi) is 4.21. The first-order chi connectivity index (χ1) is 10.0. The molecular formula is C14H13BrClN3OS. The minimum absolute atomic E-state index is 0.0285. The number of rotatable bonds is 4. The zero-order chi connectivity index (χ0) is 15.0. The van der Waals surface area contributed by atoms with Crippen molar-refractivity contribution in [1.82, 2.24) is 9.38 Å². The SMILES string of the molecule is CC(N)Cc1c(Oc2ccc(Cl)cc2Br)nc2sccn12. The standard InChI is InChI=1S/C14H13BrClN3OS/c1-8(17)6-11-13(18-14-19(11)4-5-21-14)20-12-3-2-9(16)7-10(12)15/h2-5,7-8H,6,17H2,1H3. The molecule has 0 saturated heterocycles. The number of imidazole rings is 1. The number of fused-ring (bicyclic) bond motifs is 1. The summed E-state index contributed by atoms with van der Waals surface area (Å²) in [7, 11) is 0. The van der Waals surface area contributed by atoms with Crippen molar-refractivity contribution >= 4 is 43.8 Å². The van der Waals surface area contributed by atoms with Crippen LogP contribution in [-0.4, -0.2) is 15.4 Å². The molecular weight excluding hydrogens is 374 g/mol. The molecule has 0 radical (unpaired) electrons. The average molecular weight is 387 g/mol. The molecule has 0 aliphatic carbocycles. The summed E-state index contributed by atoms with van der Waals surface area (Å²) >= 11 is 11.0. The van der Waals surface area contributed by atoms with E-state index in [1.54, 1.807) is 23.5 Å². The first-order valence-corrected chi connectivity index (χ1v) is 8.42. The first-order valence-electron chi connectivity index (χ1n) is 6.37. The lowest BCUT2D eigenvalue weighted by atomic mass is 10.2. The Hall–Kier alpha value is -1.08. The largest absolute Gasteiger partial charge is 0.436 e. The van der Waals surface area contributed by atoms with Gasteiger partial charge in [0, 0.05) is 29.1 Å². The van der Waals surface area contributed by atoms with E-state index in [9.17, 15) is 0 Å². The molecule has 0 aliphatic heterocycles. The second-order valence-corrected chi connectivity index (χ2v) is 6.94. The van der Waals surface area contributed by atoms with Gasteiger partial charge in [0.25, 0.3) is 0 Å². The van der Waals surface area contributed by atoms with Gasteiger partial charge in [0.05, 0.1) is 10.2 Å². The maximum Gasteiger partial charge on any atom is 0.242 e. The summed E-state index contributed by atoms with van der Waals surface area (Å²) in [5, 5.41) is 2.64. The topological polar surface area (TPSA) is 52.5 Å². The van der Waals surface area contributed by atoms with E-state index in [0.29, 0.717) is 23.1 Å². The van der Waals surface area contributed by atoms with Crippen molar-refractivity contribution in [2.75, 3.05) is 0 Å². The molecule has 0 aliphatic rings. The molecule has 21 heavy (non-hydrogen) atoms. The van der Waals surface area contributed by atoms with E-state index in [4.69, 9.17) is 22.1 Å².